The number of nitrogens with zero attached hydrogens (tertiary/aromatic N) is 3. The second-order valence-corrected chi connectivity index (χ2v) is 5.22. The second kappa shape index (κ2) is 8.89. The maximum Gasteiger partial charge on any atom is 0.212 e. The summed E-state index contributed by atoms with van der Waals surface area (Å²) in [5.41, 5.74) is 7.15. The number of hydrogen-bond acceptors (Lipinski definition) is 5. The van der Waals surface area contributed by atoms with Crippen molar-refractivity contribution in [3.8, 4) is 5.88 Å². The predicted octanol–water partition coefficient (Wildman–Crippen LogP) is 1.36. The van der Waals surface area contributed by atoms with Gasteiger partial charge in [0.2, 0.25) is 5.88 Å². The number of rotatable bonds is 9. The number of pyridine rings is 1. The van der Waals surface area contributed by atoms with Crippen molar-refractivity contribution in [3.05, 3.63) is 23.9 Å². The van der Waals surface area contributed by atoms with Gasteiger partial charge >= 0.3 is 0 Å². The molecule has 1 rings (SSSR count). The van der Waals surface area contributed by atoms with Crippen LogP contribution in [0.2, 0.25) is 0 Å². The van der Waals surface area contributed by atoms with Crippen LogP contribution < -0.4 is 10.5 Å². The normalized spacial score (nSPS) is 12.9. The van der Waals surface area contributed by atoms with E-state index in [0.29, 0.717) is 12.4 Å². The Morgan fingerprint density at radius 2 is 2.00 bits per heavy atom. The minimum atomic E-state index is 0.216. The van der Waals surface area contributed by atoms with Gasteiger partial charge in [-0.15, -0.1) is 0 Å². The molecule has 20 heavy (non-hydrogen) atoms. The highest BCUT2D eigenvalue weighted by atomic mass is 16.5. The van der Waals surface area contributed by atoms with Crippen molar-refractivity contribution in [2.24, 2.45) is 5.73 Å². The molecule has 0 spiro atoms. The first kappa shape index (κ1) is 16.9. The molecule has 1 unspecified atom stereocenters. The fourth-order valence-corrected chi connectivity index (χ4v) is 2.24. The highest BCUT2D eigenvalue weighted by Gasteiger charge is 2.18. The van der Waals surface area contributed by atoms with Gasteiger partial charge in [0.05, 0.1) is 7.11 Å². The van der Waals surface area contributed by atoms with Crippen LogP contribution in [-0.4, -0.2) is 62.2 Å². The third-order valence-corrected chi connectivity index (χ3v) is 3.36. The first-order chi connectivity index (χ1) is 9.62. The fourth-order valence-electron chi connectivity index (χ4n) is 2.24. The largest absolute Gasteiger partial charge is 0.481 e. The number of methoxy groups -OCH3 is 1. The Kier molecular flexibility index (Phi) is 7.51. The molecule has 0 saturated carbocycles. The maximum absolute atomic E-state index is 6.00. The average molecular weight is 280 g/mol. The van der Waals surface area contributed by atoms with Gasteiger partial charge in [0, 0.05) is 37.9 Å². The molecule has 0 saturated heterocycles. The maximum atomic E-state index is 6.00. The molecule has 2 N–H and O–H groups in total. The van der Waals surface area contributed by atoms with Gasteiger partial charge in [-0.3, -0.25) is 4.90 Å². The van der Waals surface area contributed by atoms with Crippen molar-refractivity contribution in [1.29, 1.82) is 0 Å². The molecular weight excluding hydrogens is 252 g/mol. The van der Waals surface area contributed by atoms with Gasteiger partial charge in [-0.1, -0.05) is 13.0 Å². The van der Waals surface area contributed by atoms with Gasteiger partial charge in [-0.25, -0.2) is 4.98 Å². The molecule has 1 heterocycles. The minimum absolute atomic E-state index is 0.216. The molecule has 0 amide bonds. The van der Waals surface area contributed by atoms with Crippen molar-refractivity contribution in [2.45, 2.75) is 19.4 Å². The summed E-state index contributed by atoms with van der Waals surface area (Å²) in [6.07, 6.45) is 2.99. The fraction of sp³-hybridized carbons (Fsp3) is 0.667. The molecule has 0 bridgehead atoms. The highest BCUT2D eigenvalue weighted by molar-refractivity contribution is 5.21. The quantitative estimate of drug-likeness (QED) is 0.740. The molecule has 0 radical (unpaired) electrons. The summed E-state index contributed by atoms with van der Waals surface area (Å²) in [5.74, 6) is 0.639. The molecule has 1 atom stereocenters. The molecule has 1 aromatic rings. The Morgan fingerprint density at radius 3 is 2.45 bits per heavy atom. The first-order valence-corrected chi connectivity index (χ1v) is 7.21. The van der Waals surface area contributed by atoms with Crippen molar-refractivity contribution in [1.82, 2.24) is 14.8 Å². The van der Waals surface area contributed by atoms with Crippen LogP contribution in [0.4, 0.5) is 0 Å². The number of nitrogens with two attached hydrogens (primary N) is 1. The standard InChI is InChI=1S/C15H28N4O/c1-5-8-19(10-9-18(2)3)14(11-16)13-6-7-15(20-4)17-12-13/h6-7,12,14H,5,8-11,16H2,1-4H3. The first-order valence-electron chi connectivity index (χ1n) is 7.21. The molecule has 0 fully saturated rings. The van der Waals surface area contributed by atoms with Crippen LogP contribution in [0.25, 0.3) is 0 Å². The lowest BCUT2D eigenvalue weighted by Crippen LogP contribution is -2.38. The minimum Gasteiger partial charge on any atom is -0.481 e. The Balaban J connectivity index is 2.81. The van der Waals surface area contributed by atoms with E-state index < -0.39 is 0 Å². The number of likely N-dealkylation sites (N-methyl/N-ethyl adjacent to an activating group) is 1. The van der Waals surface area contributed by atoms with Crippen LogP contribution in [0.1, 0.15) is 24.9 Å². The molecule has 114 valence electrons. The zero-order valence-electron chi connectivity index (χ0n) is 13.2. The van der Waals surface area contributed by atoms with E-state index in [1.54, 1.807) is 7.11 Å². The van der Waals surface area contributed by atoms with Gasteiger partial charge < -0.3 is 15.4 Å². The van der Waals surface area contributed by atoms with Crippen LogP contribution in [0.3, 0.4) is 0 Å². The van der Waals surface area contributed by atoms with E-state index in [1.165, 1.54) is 0 Å². The van der Waals surface area contributed by atoms with E-state index in [0.717, 1.165) is 31.6 Å². The van der Waals surface area contributed by atoms with Crippen molar-refractivity contribution in [3.63, 3.8) is 0 Å². The number of aromatic nitrogens is 1. The monoisotopic (exact) mass is 280 g/mol. The van der Waals surface area contributed by atoms with E-state index in [9.17, 15) is 0 Å². The molecule has 0 aliphatic rings. The third kappa shape index (κ3) is 5.07. The van der Waals surface area contributed by atoms with Gasteiger partial charge in [-0.05, 0) is 32.6 Å². The summed E-state index contributed by atoms with van der Waals surface area (Å²) >= 11 is 0. The van der Waals surface area contributed by atoms with E-state index in [1.807, 2.05) is 12.3 Å². The van der Waals surface area contributed by atoms with E-state index >= 15 is 0 Å². The number of hydrogen-bond donors (Lipinski definition) is 1. The van der Waals surface area contributed by atoms with E-state index in [-0.39, 0.29) is 6.04 Å². The molecule has 0 aliphatic heterocycles. The summed E-state index contributed by atoms with van der Waals surface area (Å²) in [5, 5.41) is 0. The Labute approximate surface area is 122 Å². The lowest BCUT2D eigenvalue weighted by atomic mass is 10.1. The SMILES string of the molecule is CCCN(CCN(C)C)C(CN)c1ccc(OC)nc1. The molecule has 0 aromatic carbocycles. The van der Waals surface area contributed by atoms with E-state index in [4.69, 9.17) is 10.5 Å². The summed E-state index contributed by atoms with van der Waals surface area (Å²) in [6, 6.07) is 4.17. The summed E-state index contributed by atoms with van der Waals surface area (Å²) in [4.78, 5) is 8.92. The zero-order valence-corrected chi connectivity index (χ0v) is 13.2. The average Bonchev–Trinajstić information content (AvgIpc) is 2.46. The Hall–Kier alpha value is -1.17. The Morgan fingerprint density at radius 1 is 1.25 bits per heavy atom. The molecule has 1 aromatic heterocycles. The third-order valence-electron chi connectivity index (χ3n) is 3.36. The molecule has 0 aliphatic carbocycles. The lowest BCUT2D eigenvalue weighted by molar-refractivity contribution is 0.182. The van der Waals surface area contributed by atoms with Crippen LogP contribution in [0.15, 0.2) is 18.3 Å². The van der Waals surface area contributed by atoms with Gasteiger partial charge in [0.15, 0.2) is 0 Å². The highest BCUT2D eigenvalue weighted by Crippen LogP contribution is 2.20. The Bertz CT molecular complexity index is 367. The second-order valence-electron chi connectivity index (χ2n) is 5.22. The molecule has 5 nitrogen and oxygen atoms in total. The summed E-state index contributed by atoms with van der Waals surface area (Å²) in [7, 11) is 5.82. The summed E-state index contributed by atoms with van der Waals surface area (Å²) in [6.45, 7) is 5.88. The number of ether oxygens (including phenoxy) is 1. The smallest absolute Gasteiger partial charge is 0.212 e. The van der Waals surface area contributed by atoms with Crippen molar-refractivity contribution in [2.75, 3.05) is 47.4 Å². The van der Waals surface area contributed by atoms with Crippen molar-refractivity contribution >= 4 is 0 Å². The van der Waals surface area contributed by atoms with Crippen LogP contribution in [0.5, 0.6) is 5.88 Å². The van der Waals surface area contributed by atoms with Gasteiger partial charge in [0.1, 0.15) is 0 Å². The van der Waals surface area contributed by atoms with E-state index in [2.05, 4.69) is 41.9 Å². The van der Waals surface area contributed by atoms with Crippen LogP contribution in [-0.2, 0) is 0 Å². The molecule has 5 heteroatoms. The van der Waals surface area contributed by atoms with Crippen molar-refractivity contribution < 1.29 is 4.74 Å². The molecular formula is C15H28N4O. The van der Waals surface area contributed by atoms with Crippen LogP contribution >= 0.6 is 0 Å². The lowest BCUT2D eigenvalue weighted by Gasteiger charge is -2.31. The topological polar surface area (TPSA) is 54.6 Å². The zero-order chi connectivity index (χ0) is 15.0. The van der Waals surface area contributed by atoms with Gasteiger partial charge in [0.25, 0.3) is 0 Å². The van der Waals surface area contributed by atoms with Crippen LogP contribution in [0, 0.1) is 0 Å². The predicted molar refractivity (Wildman–Crippen MR) is 83.0 cm³/mol. The van der Waals surface area contributed by atoms with Gasteiger partial charge in [-0.2, -0.15) is 0 Å². The summed E-state index contributed by atoms with van der Waals surface area (Å²) < 4.78 is 5.11.